The van der Waals surface area contributed by atoms with Gasteiger partial charge in [0, 0.05) is 0 Å². The predicted octanol–water partition coefficient (Wildman–Crippen LogP) is 2.77. The molecule has 17 heavy (non-hydrogen) atoms. The second-order valence-corrected chi connectivity index (χ2v) is 4.43. The quantitative estimate of drug-likeness (QED) is 0.548. The first kappa shape index (κ1) is 10.2. The average molecular weight is 216 g/mol. The predicted molar refractivity (Wildman–Crippen MR) is 77.6 cm³/mol. The Balaban J connectivity index is 2.17. The second kappa shape index (κ2) is 4.10. The molecule has 0 saturated carbocycles. The maximum absolute atomic E-state index is 2.25. The lowest BCUT2D eigenvalue weighted by Crippen LogP contribution is -1.99. The van der Waals surface area contributed by atoms with Crippen LogP contribution in [0.3, 0.4) is 0 Å². The van der Waals surface area contributed by atoms with Crippen molar-refractivity contribution in [2.45, 2.75) is 0 Å². The van der Waals surface area contributed by atoms with Crippen LogP contribution in [0.15, 0.2) is 66.7 Å². The fourth-order valence-electron chi connectivity index (χ4n) is 2.18. The Morgan fingerprint density at radius 2 is 1.29 bits per heavy atom. The van der Waals surface area contributed by atoms with Gasteiger partial charge in [-0.05, 0) is 28.0 Å². The third-order valence-electron chi connectivity index (χ3n) is 3.10. The van der Waals surface area contributed by atoms with Crippen molar-refractivity contribution in [2.75, 3.05) is 0 Å². The summed E-state index contributed by atoms with van der Waals surface area (Å²) in [6, 6.07) is 23.7. The molecule has 0 saturated heterocycles. The lowest BCUT2D eigenvalue weighted by molar-refractivity contribution is 1.65. The van der Waals surface area contributed by atoms with Gasteiger partial charge in [0.15, 0.2) is 0 Å². The van der Waals surface area contributed by atoms with E-state index < -0.39 is 0 Å². The smallest absolute Gasteiger partial charge is 0.0883 e. The van der Waals surface area contributed by atoms with Gasteiger partial charge in [0.1, 0.15) is 7.85 Å². The molecule has 0 radical (unpaired) electrons. The molecule has 1 heteroatoms. The van der Waals surface area contributed by atoms with Crippen LogP contribution in [-0.2, 0) is 0 Å². The summed E-state index contributed by atoms with van der Waals surface area (Å²) in [6.07, 6.45) is 0. The summed E-state index contributed by atoms with van der Waals surface area (Å²) in [6.45, 7) is 0. The van der Waals surface area contributed by atoms with Crippen LogP contribution in [0.5, 0.6) is 0 Å². The molecule has 0 aliphatic heterocycles. The normalized spacial score (nSPS) is 10.6. The Hall–Kier alpha value is -2.02. The first-order chi connectivity index (χ1) is 8.33. The van der Waals surface area contributed by atoms with Crippen molar-refractivity contribution in [1.29, 1.82) is 0 Å². The van der Waals surface area contributed by atoms with Crippen LogP contribution in [0.25, 0.3) is 21.9 Å². The van der Waals surface area contributed by atoms with Crippen molar-refractivity contribution in [3.63, 3.8) is 0 Å². The van der Waals surface area contributed by atoms with Crippen molar-refractivity contribution >= 4 is 24.1 Å². The van der Waals surface area contributed by atoms with Gasteiger partial charge in [-0.3, -0.25) is 0 Å². The Bertz CT molecular complexity index is 657. The fourth-order valence-corrected chi connectivity index (χ4v) is 2.18. The molecule has 0 unspecified atom stereocenters. The SMILES string of the molecule is Bc1ccc2cc(-c3ccccc3)ccc2c1. The highest BCUT2D eigenvalue weighted by Crippen LogP contribution is 2.23. The molecule has 3 aromatic rings. The monoisotopic (exact) mass is 216 g/mol. The fraction of sp³-hybridized carbons (Fsp3) is 0. The van der Waals surface area contributed by atoms with E-state index in [4.69, 9.17) is 0 Å². The highest BCUT2D eigenvalue weighted by Gasteiger charge is 1.99. The molecule has 0 spiro atoms. The zero-order chi connectivity index (χ0) is 11.7. The molecular weight excluding hydrogens is 203 g/mol. The molecular formula is C16H13B. The van der Waals surface area contributed by atoms with E-state index in [1.165, 1.54) is 27.4 Å². The number of hydrogen-bond acceptors (Lipinski definition) is 0. The topological polar surface area (TPSA) is 0 Å². The van der Waals surface area contributed by atoms with Crippen molar-refractivity contribution in [1.82, 2.24) is 0 Å². The highest BCUT2D eigenvalue weighted by molar-refractivity contribution is 6.33. The molecule has 0 aromatic heterocycles. The van der Waals surface area contributed by atoms with E-state index in [0.29, 0.717) is 0 Å². The number of rotatable bonds is 1. The minimum absolute atomic E-state index is 1.27. The molecule has 0 heterocycles. The minimum Gasteiger partial charge on any atom is -0.0883 e. The standard InChI is InChI=1S/C16H13B/c17-16-9-8-14-10-13(6-7-15(14)11-16)12-4-2-1-3-5-12/h1-11H,17H2. The van der Waals surface area contributed by atoms with Gasteiger partial charge in [0.25, 0.3) is 0 Å². The first-order valence-electron chi connectivity index (χ1n) is 5.89. The number of hydrogen-bond donors (Lipinski definition) is 0. The Morgan fingerprint density at radius 1 is 0.588 bits per heavy atom. The summed E-state index contributed by atoms with van der Waals surface area (Å²) in [5, 5.41) is 2.61. The van der Waals surface area contributed by atoms with Gasteiger partial charge in [-0.1, -0.05) is 66.1 Å². The maximum atomic E-state index is 2.25. The van der Waals surface area contributed by atoms with Crippen LogP contribution in [0.4, 0.5) is 0 Å². The van der Waals surface area contributed by atoms with Gasteiger partial charge >= 0.3 is 0 Å². The summed E-state index contributed by atoms with van der Waals surface area (Å²) in [5.74, 6) is 0. The van der Waals surface area contributed by atoms with Crippen LogP contribution < -0.4 is 5.46 Å². The molecule has 0 amide bonds. The number of benzene rings is 3. The van der Waals surface area contributed by atoms with Crippen molar-refractivity contribution in [3.05, 3.63) is 66.7 Å². The van der Waals surface area contributed by atoms with Gasteiger partial charge in [-0.25, -0.2) is 0 Å². The average Bonchev–Trinajstić information content (AvgIpc) is 2.39. The van der Waals surface area contributed by atoms with Gasteiger partial charge in [-0.15, -0.1) is 0 Å². The summed E-state index contributed by atoms with van der Waals surface area (Å²) in [4.78, 5) is 0. The summed E-state index contributed by atoms with van der Waals surface area (Å²) in [7, 11) is 2.13. The molecule has 80 valence electrons. The third-order valence-corrected chi connectivity index (χ3v) is 3.10. The molecule has 0 aliphatic carbocycles. The van der Waals surface area contributed by atoms with Crippen molar-refractivity contribution in [2.24, 2.45) is 0 Å². The van der Waals surface area contributed by atoms with Gasteiger partial charge in [0.05, 0.1) is 0 Å². The second-order valence-electron chi connectivity index (χ2n) is 4.43. The van der Waals surface area contributed by atoms with E-state index in [0.717, 1.165) is 0 Å². The first-order valence-corrected chi connectivity index (χ1v) is 5.89. The zero-order valence-corrected chi connectivity index (χ0v) is 9.85. The molecule has 3 rings (SSSR count). The highest BCUT2D eigenvalue weighted by atomic mass is 14.0. The van der Waals surface area contributed by atoms with Gasteiger partial charge < -0.3 is 0 Å². The van der Waals surface area contributed by atoms with Crippen LogP contribution in [0.1, 0.15) is 0 Å². The van der Waals surface area contributed by atoms with E-state index in [9.17, 15) is 0 Å². The molecule has 0 bridgehead atoms. The van der Waals surface area contributed by atoms with Crippen molar-refractivity contribution in [3.8, 4) is 11.1 Å². The third kappa shape index (κ3) is 1.96. The molecule has 0 N–H and O–H groups in total. The lowest BCUT2D eigenvalue weighted by Gasteiger charge is -2.04. The van der Waals surface area contributed by atoms with E-state index in [1.807, 2.05) is 6.07 Å². The van der Waals surface area contributed by atoms with Crippen LogP contribution in [0, 0.1) is 0 Å². The van der Waals surface area contributed by atoms with Gasteiger partial charge in [-0.2, -0.15) is 0 Å². The Labute approximate surface area is 102 Å². The van der Waals surface area contributed by atoms with E-state index in [-0.39, 0.29) is 0 Å². The maximum Gasteiger partial charge on any atom is 0.139 e. The lowest BCUT2D eigenvalue weighted by atomic mass is 9.92. The largest absolute Gasteiger partial charge is 0.139 e. The summed E-state index contributed by atoms with van der Waals surface area (Å²) >= 11 is 0. The van der Waals surface area contributed by atoms with E-state index in [2.05, 4.69) is 68.5 Å². The van der Waals surface area contributed by atoms with E-state index >= 15 is 0 Å². The molecule has 0 nitrogen and oxygen atoms in total. The molecule has 3 aromatic carbocycles. The molecule has 0 aliphatic rings. The minimum atomic E-state index is 1.27. The summed E-state index contributed by atoms with van der Waals surface area (Å²) in [5.41, 5.74) is 3.86. The van der Waals surface area contributed by atoms with Crippen LogP contribution in [0.2, 0.25) is 0 Å². The van der Waals surface area contributed by atoms with Crippen molar-refractivity contribution < 1.29 is 0 Å². The number of fused-ring (bicyclic) bond motifs is 1. The van der Waals surface area contributed by atoms with Gasteiger partial charge in [0.2, 0.25) is 0 Å². The Morgan fingerprint density at radius 3 is 2.12 bits per heavy atom. The zero-order valence-electron chi connectivity index (χ0n) is 9.85. The molecule has 0 fully saturated rings. The van der Waals surface area contributed by atoms with E-state index in [1.54, 1.807) is 0 Å². The van der Waals surface area contributed by atoms with Crippen LogP contribution in [-0.4, -0.2) is 7.85 Å². The Kier molecular flexibility index (Phi) is 2.45. The van der Waals surface area contributed by atoms with Crippen LogP contribution >= 0.6 is 0 Å². The summed E-state index contributed by atoms with van der Waals surface area (Å²) < 4.78 is 0. The molecule has 0 atom stereocenters.